The average Bonchev–Trinajstić information content (AvgIpc) is 3.19. The first-order chi connectivity index (χ1) is 27.0. The SMILES string of the molecule is CCCCCCCCCCCC/C=C\CCCCCCCCC(O)C(=O)NC(CO)C(O)C(O)CCC/C=C/CC/C=C/CCCCCCCCCCCC. The van der Waals surface area contributed by atoms with Crippen molar-refractivity contribution in [2.45, 2.75) is 263 Å². The lowest BCUT2D eigenvalue weighted by atomic mass is 10.00. The molecule has 0 aliphatic rings. The lowest BCUT2D eigenvalue weighted by Crippen LogP contribution is -2.53. The first kappa shape index (κ1) is 53.5. The summed E-state index contributed by atoms with van der Waals surface area (Å²) in [7, 11) is 0. The molecule has 4 atom stereocenters. The number of amides is 1. The van der Waals surface area contributed by atoms with Crippen molar-refractivity contribution < 1.29 is 25.2 Å². The number of carbonyl (C=O) groups is 1. The average molecular weight is 776 g/mol. The minimum Gasteiger partial charge on any atom is -0.394 e. The Morgan fingerprint density at radius 1 is 0.436 bits per heavy atom. The maximum atomic E-state index is 12.5. The summed E-state index contributed by atoms with van der Waals surface area (Å²) in [5, 5.41) is 43.7. The van der Waals surface area contributed by atoms with E-state index in [0.717, 1.165) is 51.4 Å². The Kier molecular flexibility index (Phi) is 42.5. The number of allylic oxidation sites excluding steroid dienone is 6. The van der Waals surface area contributed by atoms with Gasteiger partial charge in [0.2, 0.25) is 5.91 Å². The Hall–Kier alpha value is -1.47. The van der Waals surface area contributed by atoms with Crippen LogP contribution in [-0.4, -0.2) is 57.3 Å². The van der Waals surface area contributed by atoms with Crippen LogP contribution in [-0.2, 0) is 4.79 Å². The van der Waals surface area contributed by atoms with Crippen LogP contribution in [0.15, 0.2) is 36.5 Å². The fourth-order valence-electron chi connectivity index (χ4n) is 7.24. The second kappa shape index (κ2) is 43.6. The number of hydrogen-bond donors (Lipinski definition) is 5. The fraction of sp³-hybridized carbons (Fsp3) is 0.857. The fourth-order valence-corrected chi connectivity index (χ4v) is 7.24. The molecule has 0 spiro atoms. The van der Waals surface area contributed by atoms with Gasteiger partial charge in [0.15, 0.2) is 0 Å². The van der Waals surface area contributed by atoms with Gasteiger partial charge < -0.3 is 25.7 Å². The Morgan fingerprint density at radius 3 is 1.15 bits per heavy atom. The third kappa shape index (κ3) is 37.8. The van der Waals surface area contributed by atoms with E-state index in [1.165, 1.54) is 154 Å². The van der Waals surface area contributed by atoms with Gasteiger partial charge in [-0.1, -0.05) is 198 Å². The summed E-state index contributed by atoms with van der Waals surface area (Å²) in [5.41, 5.74) is 0. The Morgan fingerprint density at radius 2 is 0.764 bits per heavy atom. The van der Waals surface area contributed by atoms with E-state index in [9.17, 15) is 25.2 Å². The van der Waals surface area contributed by atoms with E-state index in [1.54, 1.807) is 0 Å². The predicted octanol–water partition coefficient (Wildman–Crippen LogP) is 12.9. The van der Waals surface area contributed by atoms with E-state index in [0.29, 0.717) is 19.3 Å². The number of rotatable bonds is 43. The van der Waals surface area contributed by atoms with Crippen LogP contribution < -0.4 is 5.32 Å². The minimum atomic E-state index is -1.29. The minimum absolute atomic E-state index is 0.353. The normalized spacial score (nSPS) is 14.4. The second-order valence-corrected chi connectivity index (χ2v) is 16.4. The van der Waals surface area contributed by atoms with Crippen LogP contribution in [0.25, 0.3) is 0 Å². The summed E-state index contributed by atoms with van der Waals surface area (Å²) < 4.78 is 0. The largest absolute Gasteiger partial charge is 0.394 e. The van der Waals surface area contributed by atoms with Gasteiger partial charge in [0.25, 0.3) is 0 Å². The zero-order valence-electron chi connectivity index (χ0n) is 36.4. The quantitative estimate of drug-likeness (QED) is 0.0313. The van der Waals surface area contributed by atoms with Gasteiger partial charge in [-0.05, 0) is 77.0 Å². The molecule has 0 saturated heterocycles. The Balaban J connectivity index is 3.78. The number of hydrogen-bond acceptors (Lipinski definition) is 5. The highest BCUT2D eigenvalue weighted by Crippen LogP contribution is 2.15. The van der Waals surface area contributed by atoms with E-state index in [-0.39, 0.29) is 0 Å². The van der Waals surface area contributed by atoms with Crippen LogP contribution in [0.1, 0.15) is 239 Å². The molecule has 0 aromatic heterocycles. The van der Waals surface area contributed by atoms with Crippen LogP contribution in [0.5, 0.6) is 0 Å². The highest BCUT2D eigenvalue weighted by molar-refractivity contribution is 5.80. The Bertz CT molecular complexity index is 873. The molecule has 6 heteroatoms. The van der Waals surface area contributed by atoms with Crippen LogP contribution in [0.3, 0.4) is 0 Å². The third-order valence-corrected chi connectivity index (χ3v) is 11.1. The monoisotopic (exact) mass is 776 g/mol. The molecule has 0 fully saturated rings. The molecule has 0 heterocycles. The number of carbonyl (C=O) groups excluding carboxylic acids is 1. The van der Waals surface area contributed by atoms with Crippen LogP contribution in [0.4, 0.5) is 0 Å². The number of unbranched alkanes of at least 4 members (excludes halogenated alkanes) is 28. The summed E-state index contributed by atoms with van der Waals surface area (Å²) in [5.74, 6) is -0.602. The summed E-state index contributed by atoms with van der Waals surface area (Å²) >= 11 is 0. The first-order valence-corrected chi connectivity index (χ1v) is 23.9. The van der Waals surface area contributed by atoms with Crippen LogP contribution >= 0.6 is 0 Å². The topological polar surface area (TPSA) is 110 Å². The number of aliphatic hydroxyl groups is 4. The molecule has 0 bridgehead atoms. The maximum absolute atomic E-state index is 12.5. The molecule has 0 aliphatic carbocycles. The van der Waals surface area contributed by atoms with E-state index < -0.39 is 36.9 Å². The van der Waals surface area contributed by atoms with Gasteiger partial charge >= 0.3 is 0 Å². The predicted molar refractivity (Wildman–Crippen MR) is 237 cm³/mol. The van der Waals surface area contributed by atoms with Gasteiger partial charge in [-0.15, -0.1) is 0 Å². The number of aliphatic hydroxyl groups excluding tert-OH is 4. The third-order valence-electron chi connectivity index (χ3n) is 11.1. The summed E-state index contributed by atoms with van der Waals surface area (Å²) in [6, 6.07) is -1.01. The van der Waals surface area contributed by atoms with Gasteiger partial charge in [-0.25, -0.2) is 0 Å². The van der Waals surface area contributed by atoms with Gasteiger partial charge in [0, 0.05) is 0 Å². The standard InChI is InChI=1S/C49H93NO5/c1-3-5-7-9-11-13-15-17-19-21-23-25-27-29-31-33-35-37-39-41-43-47(53)49(55)50-45(44-51)48(54)46(52)42-40-38-36-34-32-30-28-26-24-22-20-18-16-14-12-10-8-6-4-2/h25-28,34,36,45-48,51-54H,3-24,29-33,35,37-44H2,1-2H3,(H,50,55)/b27-25-,28-26+,36-34+. The highest BCUT2D eigenvalue weighted by atomic mass is 16.3. The van der Waals surface area contributed by atoms with Gasteiger partial charge in [-0.3, -0.25) is 4.79 Å². The van der Waals surface area contributed by atoms with Crippen molar-refractivity contribution in [3.63, 3.8) is 0 Å². The number of nitrogens with one attached hydrogen (secondary N) is 1. The molecule has 0 aliphatic heterocycles. The van der Waals surface area contributed by atoms with Crippen LogP contribution in [0.2, 0.25) is 0 Å². The van der Waals surface area contributed by atoms with Crippen LogP contribution in [0, 0.1) is 0 Å². The summed E-state index contributed by atoms with van der Waals surface area (Å²) in [4.78, 5) is 12.5. The van der Waals surface area contributed by atoms with Crippen molar-refractivity contribution in [3.8, 4) is 0 Å². The molecule has 0 aromatic rings. The van der Waals surface area contributed by atoms with Crippen molar-refractivity contribution in [1.82, 2.24) is 5.32 Å². The first-order valence-electron chi connectivity index (χ1n) is 23.9. The van der Waals surface area contributed by atoms with Crippen molar-refractivity contribution >= 4 is 5.91 Å². The van der Waals surface area contributed by atoms with E-state index >= 15 is 0 Å². The molecule has 5 N–H and O–H groups in total. The van der Waals surface area contributed by atoms with Crippen molar-refractivity contribution in [3.05, 3.63) is 36.5 Å². The van der Waals surface area contributed by atoms with Gasteiger partial charge in [-0.2, -0.15) is 0 Å². The lowest BCUT2D eigenvalue weighted by Gasteiger charge is -2.27. The zero-order chi connectivity index (χ0) is 40.3. The second-order valence-electron chi connectivity index (χ2n) is 16.4. The van der Waals surface area contributed by atoms with Crippen molar-refractivity contribution in [1.29, 1.82) is 0 Å². The molecule has 324 valence electrons. The molecule has 0 saturated carbocycles. The van der Waals surface area contributed by atoms with Gasteiger partial charge in [0.1, 0.15) is 12.2 Å². The molecule has 6 nitrogen and oxygen atoms in total. The molecule has 0 radical (unpaired) electrons. The molecule has 0 aromatic carbocycles. The molecule has 0 rings (SSSR count). The van der Waals surface area contributed by atoms with Gasteiger partial charge in [0.05, 0.1) is 18.8 Å². The van der Waals surface area contributed by atoms with E-state index in [2.05, 4.69) is 55.6 Å². The smallest absolute Gasteiger partial charge is 0.249 e. The summed E-state index contributed by atoms with van der Waals surface area (Å²) in [6.45, 7) is 4.04. The molecule has 1 amide bonds. The van der Waals surface area contributed by atoms with Crippen molar-refractivity contribution in [2.24, 2.45) is 0 Å². The lowest BCUT2D eigenvalue weighted by molar-refractivity contribution is -0.132. The van der Waals surface area contributed by atoms with E-state index in [1.807, 2.05) is 0 Å². The zero-order valence-corrected chi connectivity index (χ0v) is 36.4. The van der Waals surface area contributed by atoms with Crippen molar-refractivity contribution in [2.75, 3.05) is 6.61 Å². The maximum Gasteiger partial charge on any atom is 0.249 e. The molecule has 55 heavy (non-hydrogen) atoms. The molecular formula is C49H93NO5. The molecular weight excluding hydrogens is 683 g/mol. The van der Waals surface area contributed by atoms with E-state index in [4.69, 9.17) is 0 Å². The summed E-state index contributed by atoms with van der Waals surface area (Å²) in [6.07, 6.45) is 51.8. The highest BCUT2D eigenvalue weighted by Gasteiger charge is 2.28. The Labute approximate surface area is 341 Å². The molecule has 4 unspecified atom stereocenters.